The molecule has 130 valence electrons. The number of phenols is 1. The van der Waals surface area contributed by atoms with Crippen molar-refractivity contribution in [2.75, 3.05) is 0 Å². The van der Waals surface area contributed by atoms with E-state index in [1.54, 1.807) is 36.4 Å². The molecule has 0 heterocycles. The van der Waals surface area contributed by atoms with Gasteiger partial charge in [-0.15, -0.1) is 0 Å². The fraction of sp³-hybridized carbons (Fsp3) is 0.0526. The summed E-state index contributed by atoms with van der Waals surface area (Å²) in [6.07, 6.45) is 4.89. The van der Waals surface area contributed by atoms with Gasteiger partial charge < -0.3 is 10.2 Å². The summed E-state index contributed by atoms with van der Waals surface area (Å²) in [5.74, 6) is -0.0490. The standard InChI is InChI=1S/C19H15N3O4/c1-12-3-2-4-18(24)19(12)21-20-16-11-14(7-10-17(16)23)13-5-8-15(9-6-13)22(25)26/h2-11,19,23-24H,1H2. The average molecular weight is 349 g/mol. The van der Waals surface area contributed by atoms with Crippen molar-refractivity contribution in [3.63, 3.8) is 0 Å². The van der Waals surface area contributed by atoms with E-state index >= 15 is 0 Å². The van der Waals surface area contributed by atoms with E-state index in [9.17, 15) is 20.3 Å². The minimum Gasteiger partial charge on any atom is -0.510 e. The van der Waals surface area contributed by atoms with E-state index < -0.39 is 11.0 Å². The Labute approximate surface area is 149 Å². The van der Waals surface area contributed by atoms with Crippen LogP contribution in [-0.2, 0) is 0 Å². The maximum absolute atomic E-state index is 10.7. The Bertz CT molecular complexity index is 959. The van der Waals surface area contributed by atoms with Crippen LogP contribution in [-0.4, -0.2) is 21.2 Å². The lowest BCUT2D eigenvalue weighted by Gasteiger charge is -2.13. The molecule has 0 fully saturated rings. The molecule has 0 bridgehead atoms. The van der Waals surface area contributed by atoms with Crippen LogP contribution < -0.4 is 0 Å². The Hall–Kier alpha value is -3.74. The van der Waals surface area contributed by atoms with Crippen LogP contribution >= 0.6 is 0 Å². The van der Waals surface area contributed by atoms with Gasteiger partial charge in [0.15, 0.2) is 6.04 Å². The summed E-state index contributed by atoms with van der Waals surface area (Å²) in [6, 6.07) is 10.1. The first kappa shape index (κ1) is 17.1. The van der Waals surface area contributed by atoms with Crippen LogP contribution in [0.4, 0.5) is 11.4 Å². The second-order valence-corrected chi connectivity index (χ2v) is 5.65. The first-order valence-electron chi connectivity index (χ1n) is 7.70. The van der Waals surface area contributed by atoms with Crippen LogP contribution in [0.2, 0.25) is 0 Å². The van der Waals surface area contributed by atoms with E-state index in [4.69, 9.17) is 0 Å². The molecule has 2 N–H and O–H groups in total. The molecule has 2 aromatic rings. The van der Waals surface area contributed by atoms with Crippen molar-refractivity contribution in [1.29, 1.82) is 0 Å². The molecule has 1 aliphatic rings. The fourth-order valence-corrected chi connectivity index (χ4v) is 2.45. The minimum atomic E-state index is -0.692. The van der Waals surface area contributed by atoms with Crippen molar-refractivity contribution in [2.24, 2.45) is 10.2 Å². The molecule has 0 aromatic heterocycles. The van der Waals surface area contributed by atoms with Gasteiger partial charge in [-0.3, -0.25) is 10.1 Å². The van der Waals surface area contributed by atoms with Crippen LogP contribution in [0.5, 0.6) is 5.75 Å². The maximum Gasteiger partial charge on any atom is 0.269 e. The van der Waals surface area contributed by atoms with E-state index in [0.717, 1.165) is 5.56 Å². The van der Waals surface area contributed by atoms with Gasteiger partial charge in [0, 0.05) is 12.1 Å². The van der Waals surface area contributed by atoms with Crippen LogP contribution in [0.15, 0.2) is 88.8 Å². The predicted octanol–water partition coefficient (Wildman–Crippen LogP) is 4.99. The lowest BCUT2D eigenvalue weighted by Crippen LogP contribution is -2.11. The highest BCUT2D eigenvalue weighted by atomic mass is 16.6. The molecule has 0 aliphatic heterocycles. The Kier molecular flexibility index (Phi) is 4.62. The summed E-state index contributed by atoms with van der Waals surface area (Å²) in [7, 11) is 0. The number of rotatable bonds is 4. The smallest absolute Gasteiger partial charge is 0.269 e. The second-order valence-electron chi connectivity index (χ2n) is 5.65. The van der Waals surface area contributed by atoms with Gasteiger partial charge in [-0.25, -0.2) is 0 Å². The highest BCUT2D eigenvalue weighted by Gasteiger charge is 2.17. The number of nitro groups is 1. The number of non-ortho nitro benzene ring substituents is 1. The van der Waals surface area contributed by atoms with E-state index in [2.05, 4.69) is 16.8 Å². The second kappa shape index (κ2) is 7.02. The largest absolute Gasteiger partial charge is 0.510 e. The average Bonchev–Trinajstić information content (AvgIpc) is 2.63. The SMILES string of the molecule is C=C1C=CC=C(O)C1N=Nc1cc(-c2ccc([N+](=O)[O-])cc2)ccc1O. The number of nitro benzene ring substituents is 1. The molecule has 1 atom stereocenters. The summed E-state index contributed by atoms with van der Waals surface area (Å²) in [4.78, 5) is 10.3. The lowest BCUT2D eigenvalue weighted by molar-refractivity contribution is -0.384. The molecule has 0 saturated heterocycles. The first-order chi connectivity index (χ1) is 12.5. The number of aliphatic hydroxyl groups is 1. The topological polar surface area (TPSA) is 108 Å². The van der Waals surface area contributed by atoms with Gasteiger partial charge in [0.25, 0.3) is 5.69 Å². The number of nitrogens with zero attached hydrogens (tertiary/aromatic N) is 3. The molecule has 1 unspecified atom stereocenters. The summed E-state index contributed by atoms with van der Waals surface area (Å²) >= 11 is 0. The summed E-state index contributed by atoms with van der Waals surface area (Å²) in [6.45, 7) is 3.81. The van der Waals surface area contributed by atoms with Gasteiger partial charge in [0.05, 0.1) is 4.92 Å². The Morgan fingerprint density at radius 2 is 1.77 bits per heavy atom. The molecular formula is C19H15N3O4. The van der Waals surface area contributed by atoms with E-state index in [0.29, 0.717) is 11.1 Å². The molecule has 0 amide bonds. The third-order valence-corrected chi connectivity index (χ3v) is 3.88. The molecule has 2 aromatic carbocycles. The molecule has 7 nitrogen and oxygen atoms in total. The summed E-state index contributed by atoms with van der Waals surface area (Å²) < 4.78 is 0. The van der Waals surface area contributed by atoms with Crippen molar-refractivity contribution in [3.8, 4) is 16.9 Å². The van der Waals surface area contributed by atoms with Crippen LogP contribution in [0, 0.1) is 10.1 Å². The van der Waals surface area contributed by atoms with E-state index in [1.165, 1.54) is 24.3 Å². The van der Waals surface area contributed by atoms with E-state index in [1.807, 2.05) is 0 Å². The monoisotopic (exact) mass is 349 g/mol. The van der Waals surface area contributed by atoms with Gasteiger partial charge >= 0.3 is 0 Å². The van der Waals surface area contributed by atoms with Gasteiger partial charge in [-0.2, -0.15) is 10.2 Å². The minimum absolute atomic E-state index is 0.00133. The first-order valence-corrected chi connectivity index (χ1v) is 7.70. The van der Waals surface area contributed by atoms with Crippen molar-refractivity contribution in [3.05, 3.63) is 88.7 Å². The Morgan fingerprint density at radius 3 is 2.42 bits per heavy atom. The number of hydrogen-bond acceptors (Lipinski definition) is 6. The molecule has 1 aliphatic carbocycles. The molecule has 26 heavy (non-hydrogen) atoms. The van der Waals surface area contributed by atoms with Crippen molar-refractivity contribution >= 4 is 11.4 Å². The number of benzene rings is 2. The van der Waals surface area contributed by atoms with E-state index in [-0.39, 0.29) is 22.9 Å². The Balaban J connectivity index is 1.89. The molecule has 0 saturated carbocycles. The van der Waals surface area contributed by atoms with Crippen molar-refractivity contribution in [2.45, 2.75) is 6.04 Å². The fourth-order valence-electron chi connectivity index (χ4n) is 2.45. The molecule has 7 heteroatoms. The number of aliphatic hydroxyl groups excluding tert-OH is 1. The summed E-state index contributed by atoms with van der Waals surface area (Å²) in [5.41, 5.74) is 2.25. The molecule has 3 rings (SSSR count). The maximum atomic E-state index is 10.7. The van der Waals surface area contributed by atoms with Crippen LogP contribution in [0.3, 0.4) is 0 Å². The van der Waals surface area contributed by atoms with Gasteiger partial charge in [-0.1, -0.05) is 24.8 Å². The quantitative estimate of drug-likeness (QED) is 0.460. The van der Waals surface area contributed by atoms with Crippen LogP contribution in [0.25, 0.3) is 11.1 Å². The van der Waals surface area contributed by atoms with Gasteiger partial charge in [-0.05, 0) is 47.0 Å². The van der Waals surface area contributed by atoms with Gasteiger partial charge in [0.2, 0.25) is 0 Å². The number of hydrogen-bond donors (Lipinski definition) is 2. The summed E-state index contributed by atoms with van der Waals surface area (Å²) in [5, 5.41) is 38.7. The normalized spacial score (nSPS) is 16.7. The number of azo groups is 1. The molecule has 0 radical (unpaired) electrons. The molecule has 0 spiro atoms. The highest BCUT2D eigenvalue weighted by Crippen LogP contribution is 2.33. The Morgan fingerprint density at radius 1 is 1.08 bits per heavy atom. The molecular weight excluding hydrogens is 334 g/mol. The third-order valence-electron chi connectivity index (χ3n) is 3.88. The zero-order chi connectivity index (χ0) is 18.7. The predicted molar refractivity (Wildman–Crippen MR) is 97.5 cm³/mol. The zero-order valence-electron chi connectivity index (χ0n) is 13.6. The lowest BCUT2D eigenvalue weighted by atomic mass is 10.0. The number of phenolic OH excluding ortho intramolecular Hbond substituents is 1. The third kappa shape index (κ3) is 3.51. The van der Waals surface area contributed by atoms with Crippen molar-refractivity contribution < 1.29 is 15.1 Å². The van der Waals surface area contributed by atoms with Crippen LogP contribution in [0.1, 0.15) is 0 Å². The van der Waals surface area contributed by atoms with Gasteiger partial charge in [0.1, 0.15) is 17.2 Å². The van der Waals surface area contributed by atoms with Crippen molar-refractivity contribution in [1.82, 2.24) is 0 Å². The highest BCUT2D eigenvalue weighted by molar-refractivity contribution is 5.70. The number of allylic oxidation sites excluding steroid dienone is 2. The zero-order valence-corrected chi connectivity index (χ0v) is 13.6. The number of aromatic hydroxyl groups is 1.